The van der Waals surface area contributed by atoms with E-state index in [0.717, 1.165) is 46.6 Å². The molecule has 0 atom stereocenters. The molecule has 0 saturated heterocycles. The van der Waals surface area contributed by atoms with Crippen LogP contribution in [0.1, 0.15) is 29.8 Å². The molecule has 2 aromatic heterocycles. The lowest BCUT2D eigenvalue weighted by Crippen LogP contribution is -2.16. The van der Waals surface area contributed by atoms with Gasteiger partial charge in [0.15, 0.2) is 5.01 Å². The Morgan fingerprint density at radius 1 is 1.28 bits per heavy atom. The van der Waals surface area contributed by atoms with Crippen LogP contribution in [0.2, 0.25) is 0 Å². The zero-order valence-corrected chi connectivity index (χ0v) is 12.4. The van der Waals surface area contributed by atoms with Gasteiger partial charge >= 0.3 is 0 Å². The van der Waals surface area contributed by atoms with Gasteiger partial charge in [0.25, 0.3) is 0 Å². The maximum Gasteiger partial charge on any atom is 0.167 e. The Morgan fingerprint density at radius 3 is 2.89 bits per heavy atom. The molecule has 0 bridgehead atoms. The van der Waals surface area contributed by atoms with Gasteiger partial charge < -0.3 is 5.32 Å². The van der Waals surface area contributed by atoms with Crippen molar-refractivity contribution in [2.75, 3.05) is 13.1 Å². The van der Waals surface area contributed by atoms with Crippen molar-refractivity contribution >= 4 is 22.7 Å². The molecule has 0 radical (unpaired) electrons. The second-order valence-electron chi connectivity index (χ2n) is 4.11. The third-order valence-electron chi connectivity index (χ3n) is 2.48. The van der Waals surface area contributed by atoms with Gasteiger partial charge in [-0.15, -0.1) is 21.5 Å². The van der Waals surface area contributed by atoms with E-state index in [0.29, 0.717) is 0 Å². The van der Waals surface area contributed by atoms with Crippen molar-refractivity contribution in [1.82, 2.24) is 20.5 Å². The van der Waals surface area contributed by atoms with E-state index in [2.05, 4.69) is 27.4 Å². The van der Waals surface area contributed by atoms with Crippen LogP contribution in [0.25, 0.3) is 10.7 Å². The number of nitrogens with one attached hydrogen (secondary N) is 1. The summed E-state index contributed by atoms with van der Waals surface area (Å²) in [4.78, 5) is 4.43. The van der Waals surface area contributed by atoms with Crippen LogP contribution in [-0.2, 0) is 6.42 Å². The minimum absolute atomic E-state index is 0.941. The fraction of sp³-hybridized carbons (Fsp3) is 0.583. The zero-order chi connectivity index (χ0) is 12.8. The van der Waals surface area contributed by atoms with Crippen LogP contribution in [0, 0.1) is 6.92 Å². The van der Waals surface area contributed by atoms with Crippen molar-refractivity contribution in [1.29, 1.82) is 0 Å². The fourth-order valence-corrected chi connectivity index (χ4v) is 3.10. The molecular weight excluding hydrogens is 264 g/mol. The van der Waals surface area contributed by atoms with Crippen molar-refractivity contribution in [3.8, 4) is 10.7 Å². The van der Waals surface area contributed by atoms with Crippen LogP contribution in [0.5, 0.6) is 0 Å². The smallest absolute Gasteiger partial charge is 0.167 e. The molecule has 2 aromatic rings. The summed E-state index contributed by atoms with van der Waals surface area (Å²) in [5.74, 6) is 0. The molecule has 0 unspecified atom stereocenters. The first kappa shape index (κ1) is 13.6. The third kappa shape index (κ3) is 3.83. The second-order valence-corrected chi connectivity index (χ2v) is 6.23. The molecule has 0 aromatic carbocycles. The molecule has 0 amide bonds. The highest BCUT2D eigenvalue weighted by atomic mass is 32.1. The lowest BCUT2D eigenvalue weighted by atomic mass is 10.3. The molecule has 6 heteroatoms. The molecule has 4 nitrogen and oxygen atoms in total. The summed E-state index contributed by atoms with van der Waals surface area (Å²) in [7, 11) is 0. The molecule has 2 rings (SSSR count). The monoisotopic (exact) mass is 282 g/mol. The largest absolute Gasteiger partial charge is 0.317 e. The minimum Gasteiger partial charge on any atom is -0.317 e. The van der Waals surface area contributed by atoms with Crippen molar-refractivity contribution in [3.05, 3.63) is 15.4 Å². The van der Waals surface area contributed by atoms with E-state index >= 15 is 0 Å². The Hall–Kier alpha value is -0.850. The summed E-state index contributed by atoms with van der Waals surface area (Å²) >= 11 is 3.31. The van der Waals surface area contributed by atoms with Gasteiger partial charge in [-0.1, -0.05) is 18.3 Å². The zero-order valence-electron chi connectivity index (χ0n) is 10.8. The molecule has 2 heterocycles. The van der Waals surface area contributed by atoms with Gasteiger partial charge in [0.05, 0.1) is 5.01 Å². The normalized spacial score (nSPS) is 11.0. The number of aryl methyl sites for hydroxylation is 2. The predicted molar refractivity (Wildman–Crippen MR) is 77.2 cm³/mol. The summed E-state index contributed by atoms with van der Waals surface area (Å²) in [6, 6.07) is 0. The lowest BCUT2D eigenvalue weighted by molar-refractivity contribution is 0.637. The number of hydrogen-bond acceptors (Lipinski definition) is 6. The first-order chi connectivity index (χ1) is 8.79. The molecule has 0 aliphatic carbocycles. The first-order valence-electron chi connectivity index (χ1n) is 6.25. The quantitative estimate of drug-likeness (QED) is 0.793. The molecule has 0 spiro atoms. The number of nitrogens with zero attached hydrogens (tertiary/aromatic N) is 3. The highest BCUT2D eigenvalue weighted by Gasteiger charge is 2.09. The van der Waals surface area contributed by atoms with Crippen LogP contribution in [-0.4, -0.2) is 28.3 Å². The highest BCUT2D eigenvalue weighted by molar-refractivity contribution is 7.15. The van der Waals surface area contributed by atoms with E-state index in [1.54, 1.807) is 22.7 Å². The Balaban J connectivity index is 1.83. The van der Waals surface area contributed by atoms with Crippen LogP contribution < -0.4 is 5.32 Å². The van der Waals surface area contributed by atoms with Gasteiger partial charge in [-0.25, -0.2) is 4.98 Å². The highest BCUT2D eigenvalue weighted by Crippen LogP contribution is 2.25. The third-order valence-corrected chi connectivity index (χ3v) is 4.25. The Bertz CT molecular complexity index is 478. The maximum absolute atomic E-state index is 4.43. The number of thiazole rings is 1. The van der Waals surface area contributed by atoms with E-state index < -0.39 is 0 Å². The van der Waals surface area contributed by atoms with Gasteiger partial charge in [-0.05, 0) is 32.9 Å². The molecular formula is C12H18N4S2. The van der Waals surface area contributed by atoms with Gasteiger partial charge in [0.1, 0.15) is 10.7 Å². The predicted octanol–water partition coefficient (Wildman–Crippen LogP) is 2.90. The van der Waals surface area contributed by atoms with E-state index in [4.69, 9.17) is 0 Å². The Morgan fingerprint density at radius 2 is 2.17 bits per heavy atom. The summed E-state index contributed by atoms with van der Waals surface area (Å²) < 4.78 is 0. The van der Waals surface area contributed by atoms with E-state index in [1.165, 1.54) is 6.42 Å². The molecule has 1 N–H and O–H groups in total. The molecule has 0 aliphatic heterocycles. The topological polar surface area (TPSA) is 50.7 Å². The minimum atomic E-state index is 0.941. The summed E-state index contributed by atoms with van der Waals surface area (Å²) in [5.41, 5.74) is 0.963. The van der Waals surface area contributed by atoms with Crippen molar-refractivity contribution < 1.29 is 0 Å². The lowest BCUT2D eigenvalue weighted by Gasteiger charge is -1.99. The van der Waals surface area contributed by atoms with Crippen molar-refractivity contribution in [2.24, 2.45) is 0 Å². The number of rotatable bonds is 7. The molecule has 0 saturated carbocycles. The van der Waals surface area contributed by atoms with Crippen molar-refractivity contribution in [3.63, 3.8) is 0 Å². The number of aromatic nitrogens is 3. The summed E-state index contributed by atoms with van der Waals surface area (Å²) in [6.45, 7) is 6.34. The molecule has 18 heavy (non-hydrogen) atoms. The van der Waals surface area contributed by atoms with Gasteiger partial charge in [-0.3, -0.25) is 0 Å². The summed E-state index contributed by atoms with van der Waals surface area (Å²) in [5, 5.41) is 17.0. The van der Waals surface area contributed by atoms with Crippen LogP contribution in [0.15, 0.2) is 5.38 Å². The molecule has 0 fully saturated rings. The summed E-state index contributed by atoms with van der Waals surface area (Å²) in [6.07, 6.45) is 3.30. The second kappa shape index (κ2) is 6.92. The van der Waals surface area contributed by atoms with Crippen LogP contribution in [0.3, 0.4) is 0 Å². The van der Waals surface area contributed by atoms with Gasteiger partial charge in [0, 0.05) is 11.8 Å². The Kier molecular flexibility index (Phi) is 5.22. The van der Waals surface area contributed by atoms with Crippen LogP contribution in [0.4, 0.5) is 0 Å². The average Bonchev–Trinajstić information content (AvgIpc) is 2.97. The average molecular weight is 282 g/mol. The van der Waals surface area contributed by atoms with Gasteiger partial charge in [-0.2, -0.15) is 0 Å². The van der Waals surface area contributed by atoms with Crippen molar-refractivity contribution in [2.45, 2.75) is 33.1 Å². The van der Waals surface area contributed by atoms with E-state index in [9.17, 15) is 0 Å². The number of hydrogen-bond donors (Lipinski definition) is 1. The van der Waals surface area contributed by atoms with E-state index in [1.807, 2.05) is 12.3 Å². The van der Waals surface area contributed by atoms with Gasteiger partial charge in [0.2, 0.25) is 0 Å². The molecule has 98 valence electrons. The fourth-order valence-electron chi connectivity index (χ4n) is 1.59. The first-order valence-corrected chi connectivity index (χ1v) is 7.95. The standard InChI is InChI=1S/C12H18N4S2/c1-3-6-13-7-4-5-11-15-16-12(18-11)10-8-17-9(2)14-10/h8,13H,3-7H2,1-2H3. The maximum atomic E-state index is 4.43. The SMILES string of the molecule is CCCNCCCc1nnc(-c2csc(C)n2)s1. The van der Waals surface area contributed by atoms with Crippen LogP contribution >= 0.6 is 22.7 Å². The molecule has 0 aliphatic rings. The van der Waals surface area contributed by atoms with E-state index in [-0.39, 0.29) is 0 Å². The Labute approximate surface area is 116 Å².